The van der Waals surface area contributed by atoms with Gasteiger partial charge in [-0.25, -0.2) is 0 Å². The first-order valence-corrected chi connectivity index (χ1v) is 3.51. The summed E-state index contributed by atoms with van der Waals surface area (Å²) in [5.41, 5.74) is -1.52. The lowest BCUT2D eigenvalue weighted by molar-refractivity contribution is 0.649. The van der Waals surface area contributed by atoms with E-state index in [1.807, 2.05) is 0 Å². The highest BCUT2D eigenvalue weighted by atomic mass is 16.3. The Bertz CT molecular complexity index is 223. The molecule has 0 aromatic rings. The molecule has 12 heavy (non-hydrogen) atoms. The molecular formula is C7H9N3O2. The lowest BCUT2D eigenvalue weighted by atomic mass is 10.0. The van der Waals surface area contributed by atoms with E-state index in [2.05, 4.69) is 15.7 Å². The van der Waals surface area contributed by atoms with Crippen molar-refractivity contribution in [3.05, 3.63) is 34.1 Å². The molecule has 0 saturated carbocycles. The molecule has 1 aliphatic carbocycles. The summed E-state index contributed by atoms with van der Waals surface area (Å²) >= 11 is 0. The van der Waals surface area contributed by atoms with Crippen LogP contribution < -0.4 is 5.32 Å². The third kappa shape index (κ3) is 1.45. The van der Waals surface area contributed by atoms with Gasteiger partial charge in [-0.2, -0.15) is 0 Å². The number of nitrogens with one attached hydrogen (secondary N) is 1. The highest BCUT2D eigenvalue weighted by Crippen LogP contribution is 2.20. The van der Waals surface area contributed by atoms with Gasteiger partial charge in [0.1, 0.15) is 0 Å². The minimum atomic E-state index is -1.52. The Balaban J connectivity index is 2.82. The number of hydrogen-bond acceptors (Lipinski definition) is 5. The van der Waals surface area contributed by atoms with Gasteiger partial charge in [-0.3, -0.25) is 0 Å². The molecule has 1 aliphatic rings. The Kier molecular flexibility index (Phi) is 2.44. The number of likely N-dealkylation sites (N-methyl/N-ethyl adjacent to an activating group) is 1. The minimum absolute atomic E-state index is 0.0432. The molecule has 1 rings (SSSR count). The van der Waals surface area contributed by atoms with E-state index >= 15 is 0 Å². The van der Waals surface area contributed by atoms with Gasteiger partial charge in [0, 0.05) is 6.04 Å². The molecule has 0 bridgehead atoms. The van der Waals surface area contributed by atoms with Crippen LogP contribution in [0.1, 0.15) is 0 Å². The molecule has 0 aliphatic heterocycles. The van der Waals surface area contributed by atoms with Crippen LogP contribution in [0.2, 0.25) is 0 Å². The summed E-state index contributed by atoms with van der Waals surface area (Å²) in [5, 5.41) is 8.20. The van der Waals surface area contributed by atoms with Crippen LogP contribution in [0, 0.1) is 9.81 Å². The molecule has 5 nitrogen and oxygen atoms in total. The number of hydrogen-bond donors (Lipinski definition) is 1. The fraction of sp³-hybridized carbons (Fsp3) is 0.429. The third-order valence-corrected chi connectivity index (χ3v) is 1.72. The van der Waals surface area contributed by atoms with Gasteiger partial charge in [-0.1, -0.05) is 12.2 Å². The average Bonchev–Trinajstić information content (AvgIpc) is 2.18. The van der Waals surface area contributed by atoms with Crippen molar-refractivity contribution in [2.24, 2.45) is 10.4 Å². The number of nitrogens with zero attached hydrogens (tertiary/aromatic N) is 2. The van der Waals surface area contributed by atoms with E-state index in [0.29, 0.717) is 0 Å². The zero-order valence-electron chi connectivity index (χ0n) is 6.60. The molecule has 0 heterocycles. The summed E-state index contributed by atoms with van der Waals surface area (Å²) in [4.78, 5) is 20.5. The Morgan fingerprint density at radius 2 is 1.75 bits per heavy atom. The molecule has 0 spiro atoms. The fourth-order valence-electron chi connectivity index (χ4n) is 0.941. The van der Waals surface area contributed by atoms with Crippen LogP contribution in [0.15, 0.2) is 34.7 Å². The predicted octanol–water partition coefficient (Wildman–Crippen LogP) is 0.929. The van der Waals surface area contributed by atoms with Crippen LogP contribution in [0.5, 0.6) is 0 Å². The molecule has 0 atom stereocenters. The van der Waals surface area contributed by atoms with Crippen molar-refractivity contribution in [3.8, 4) is 0 Å². The van der Waals surface area contributed by atoms with Crippen molar-refractivity contribution >= 4 is 0 Å². The van der Waals surface area contributed by atoms with E-state index in [1.54, 1.807) is 19.2 Å². The second-order valence-corrected chi connectivity index (χ2v) is 2.50. The van der Waals surface area contributed by atoms with Gasteiger partial charge in [0.2, 0.25) is 0 Å². The molecule has 0 aromatic heterocycles. The van der Waals surface area contributed by atoms with E-state index in [4.69, 9.17) is 0 Å². The van der Waals surface area contributed by atoms with Gasteiger partial charge in [0.15, 0.2) is 0 Å². The quantitative estimate of drug-likeness (QED) is 0.502. The number of nitroso groups, excluding NO2 is 2. The molecular weight excluding hydrogens is 158 g/mol. The standard InChI is InChI=1S/C7H9N3O2/c1-8-6-2-4-7(9-11,10-12)5-3-6/h2-6,8H,1H3. The molecule has 0 aromatic carbocycles. The van der Waals surface area contributed by atoms with Crippen LogP contribution in [0.4, 0.5) is 0 Å². The molecule has 5 heteroatoms. The van der Waals surface area contributed by atoms with Crippen LogP contribution >= 0.6 is 0 Å². The summed E-state index contributed by atoms with van der Waals surface area (Å²) in [6, 6.07) is 0.0432. The monoisotopic (exact) mass is 167 g/mol. The van der Waals surface area contributed by atoms with Crippen LogP contribution in [-0.2, 0) is 0 Å². The van der Waals surface area contributed by atoms with Gasteiger partial charge < -0.3 is 5.32 Å². The first-order chi connectivity index (χ1) is 5.76. The van der Waals surface area contributed by atoms with Crippen molar-refractivity contribution in [1.82, 2.24) is 5.32 Å². The number of rotatable bonds is 3. The van der Waals surface area contributed by atoms with Crippen LogP contribution in [0.25, 0.3) is 0 Å². The van der Waals surface area contributed by atoms with Crippen molar-refractivity contribution < 1.29 is 0 Å². The van der Waals surface area contributed by atoms with Gasteiger partial charge >= 0.3 is 0 Å². The van der Waals surface area contributed by atoms with E-state index in [-0.39, 0.29) is 6.04 Å². The Morgan fingerprint density at radius 1 is 1.25 bits per heavy atom. The Morgan fingerprint density at radius 3 is 2.08 bits per heavy atom. The molecule has 0 radical (unpaired) electrons. The fourth-order valence-corrected chi connectivity index (χ4v) is 0.941. The topological polar surface area (TPSA) is 70.9 Å². The summed E-state index contributed by atoms with van der Waals surface area (Å²) in [6.45, 7) is 0. The predicted molar refractivity (Wildman–Crippen MR) is 45.4 cm³/mol. The second kappa shape index (κ2) is 3.36. The van der Waals surface area contributed by atoms with E-state index in [0.717, 1.165) is 0 Å². The first-order valence-electron chi connectivity index (χ1n) is 3.51. The highest BCUT2D eigenvalue weighted by molar-refractivity contribution is 5.27. The molecule has 0 unspecified atom stereocenters. The zero-order chi connectivity index (χ0) is 9.03. The Hall–Kier alpha value is -1.36. The molecule has 0 amide bonds. The van der Waals surface area contributed by atoms with Crippen molar-refractivity contribution in [2.75, 3.05) is 7.05 Å². The summed E-state index contributed by atoms with van der Waals surface area (Å²) < 4.78 is 0. The normalized spacial score (nSPS) is 20.8. The van der Waals surface area contributed by atoms with Crippen molar-refractivity contribution in [3.63, 3.8) is 0 Å². The van der Waals surface area contributed by atoms with E-state index in [1.165, 1.54) is 12.2 Å². The SMILES string of the molecule is CNC1C=CC(N=O)(N=O)C=C1. The molecule has 0 fully saturated rings. The molecule has 0 saturated heterocycles. The van der Waals surface area contributed by atoms with Gasteiger partial charge in [0.25, 0.3) is 5.66 Å². The highest BCUT2D eigenvalue weighted by Gasteiger charge is 2.28. The summed E-state index contributed by atoms with van der Waals surface area (Å²) in [7, 11) is 1.77. The molecule has 64 valence electrons. The largest absolute Gasteiger partial charge is 0.310 e. The summed E-state index contributed by atoms with van der Waals surface area (Å²) in [6.07, 6.45) is 6.11. The van der Waals surface area contributed by atoms with Gasteiger partial charge in [0.05, 0.1) is 0 Å². The lowest BCUT2D eigenvalue weighted by Crippen LogP contribution is -2.27. The van der Waals surface area contributed by atoms with Crippen molar-refractivity contribution in [1.29, 1.82) is 0 Å². The van der Waals surface area contributed by atoms with Crippen molar-refractivity contribution in [2.45, 2.75) is 11.7 Å². The van der Waals surface area contributed by atoms with E-state index in [9.17, 15) is 9.81 Å². The lowest BCUT2D eigenvalue weighted by Gasteiger charge is -2.16. The van der Waals surface area contributed by atoms with Crippen LogP contribution in [0.3, 0.4) is 0 Å². The Labute approximate surface area is 69.5 Å². The van der Waals surface area contributed by atoms with Gasteiger partial charge in [-0.05, 0) is 29.6 Å². The maximum Gasteiger partial charge on any atom is 0.268 e. The maximum absolute atomic E-state index is 10.2. The van der Waals surface area contributed by atoms with Gasteiger partial charge in [-0.15, -0.1) is 9.81 Å². The second-order valence-electron chi connectivity index (χ2n) is 2.50. The van der Waals surface area contributed by atoms with E-state index < -0.39 is 5.66 Å². The van der Waals surface area contributed by atoms with Crippen LogP contribution in [-0.4, -0.2) is 18.8 Å². The zero-order valence-corrected chi connectivity index (χ0v) is 6.60. The molecule has 1 N–H and O–H groups in total. The minimum Gasteiger partial charge on any atom is -0.310 e. The summed E-state index contributed by atoms with van der Waals surface area (Å²) in [5.74, 6) is 0. The average molecular weight is 167 g/mol. The maximum atomic E-state index is 10.2. The first kappa shape index (κ1) is 8.73. The smallest absolute Gasteiger partial charge is 0.268 e. The third-order valence-electron chi connectivity index (χ3n) is 1.72.